The van der Waals surface area contributed by atoms with Crippen LogP contribution in [-0.2, 0) is 0 Å². The first-order chi connectivity index (χ1) is 11.1. The average molecular weight is 317 g/mol. The normalized spacial score (nSPS) is 18.7. The summed E-state index contributed by atoms with van der Waals surface area (Å²) in [7, 11) is 0. The summed E-state index contributed by atoms with van der Waals surface area (Å²) in [5.41, 5.74) is 1.66. The molecule has 130 valence electrons. The molecule has 1 saturated carbocycles. The van der Waals surface area contributed by atoms with Crippen LogP contribution in [0.25, 0.3) is 0 Å². The van der Waals surface area contributed by atoms with Crippen molar-refractivity contribution < 1.29 is 0 Å². The van der Waals surface area contributed by atoms with Crippen LogP contribution >= 0.6 is 0 Å². The van der Waals surface area contributed by atoms with Gasteiger partial charge in [0.1, 0.15) is 0 Å². The van der Waals surface area contributed by atoms with E-state index in [1.54, 1.807) is 0 Å². The molecule has 0 atom stereocenters. The molecule has 2 nitrogen and oxygen atoms in total. The highest BCUT2D eigenvalue weighted by atomic mass is 15.1. The lowest BCUT2D eigenvalue weighted by atomic mass is 9.82. The van der Waals surface area contributed by atoms with Gasteiger partial charge in [0.15, 0.2) is 0 Å². The molecule has 1 fully saturated rings. The van der Waals surface area contributed by atoms with E-state index < -0.39 is 0 Å². The van der Waals surface area contributed by atoms with E-state index in [0.29, 0.717) is 5.41 Å². The molecule has 23 heavy (non-hydrogen) atoms. The Morgan fingerprint density at radius 2 is 2.04 bits per heavy atom. The van der Waals surface area contributed by atoms with Gasteiger partial charge in [0.05, 0.1) is 0 Å². The number of hydrogen-bond acceptors (Lipinski definition) is 2. The molecule has 0 bridgehead atoms. The van der Waals surface area contributed by atoms with Crippen molar-refractivity contribution in [3.05, 3.63) is 36.1 Å². The van der Waals surface area contributed by atoms with Crippen molar-refractivity contribution in [3.8, 4) is 0 Å². The van der Waals surface area contributed by atoms with E-state index in [2.05, 4.69) is 61.4 Å². The van der Waals surface area contributed by atoms with Crippen LogP contribution in [0.5, 0.6) is 0 Å². The Labute approximate surface area is 143 Å². The Kier molecular flexibility index (Phi) is 7.42. The minimum Gasteiger partial charge on any atom is -0.384 e. The molecular weight excluding hydrogens is 280 g/mol. The second-order valence-electron chi connectivity index (χ2n) is 7.99. The Morgan fingerprint density at radius 3 is 2.74 bits per heavy atom. The minimum absolute atomic E-state index is 0.420. The van der Waals surface area contributed by atoms with Crippen molar-refractivity contribution in [2.45, 2.75) is 59.3 Å². The number of rotatable bonds is 10. The number of nitrogens with zero attached hydrogens (tertiary/aromatic N) is 1. The molecule has 0 radical (unpaired) electrons. The fourth-order valence-corrected chi connectivity index (χ4v) is 3.19. The van der Waals surface area contributed by atoms with Crippen molar-refractivity contribution in [1.82, 2.24) is 10.2 Å². The van der Waals surface area contributed by atoms with Crippen molar-refractivity contribution in [1.29, 1.82) is 0 Å². The standard InChI is InChI=1S/C21H36N2/c1-4-21(2,3)18-23(16-14-19-10-9-11-19)17-15-22-20-12-7-5-6-8-13-20/h5,7-8,12-13,19,22H,4,6,9-11,14-18H2,1-3H3. The van der Waals surface area contributed by atoms with Crippen molar-refractivity contribution >= 4 is 0 Å². The van der Waals surface area contributed by atoms with E-state index in [1.165, 1.54) is 50.9 Å². The third-order valence-corrected chi connectivity index (χ3v) is 5.43. The Hall–Kier alpha value is -1.02. The van der Waals surface area contributed by atoms with Gasteiger partial charge in [-0.3, -0.25) is 0 Å². The summed E-state index contributed by atoms with van der Waals surface area (Å²) in [5, 5.41) is 3.59. The van der Waals surface area contributed by atoms with E-state index in [1.807, 2.05) is 0 Å². The van der Waals surface area contributed by atoms with Crippen LogP contribution in [0.15, 0.2) is 36.1 Å². The maximum absolute atomic E-state index is 3.59. The van der Waals surface area contributed by atoms with Gasteiger partial charge in [0.2, 0.25) is 0 Å². The van der Waals surface area contributed by atoms with Crippen LogP contribution < -0.4 is 5.32 Å². The van der Waals surface area contributed by atoms with E-state index in [0.717, 1.165) is 25.4 Å². The predicted octanol–water partition coefficient (Wildman–Crippen LogP) is 4.90. The maximum Gasteiger partial charge on any atom is 0.0337 e. The number of hydrogen-bond donors (Lipinski definition) is 1. The molecule has 0 unspecified atom stereocenters. The van der Waals surface area contributed by atoms with E-state index in [4.69, 9.17) is 0 Å². The van der Waals surface area contributed by atoms with Gasteiger partial charge >= 0.3 is 0 Å². The summed E-state index contributed by atoms with van der Waals surface area (Å²) in [4.78, 5) is 2.69. The van der Waals surface area contributed by atoms with Gasteiger partial charge in [-0.1, -0.05) is 58.3 Å². The highest BCUT2D eigenvalue weighted by molar-refractivity contribution is 5.25. The third-order valence-electron chi connectivity index (χ3n) is 5.43. The van der Waals surface area contributed by atoms with Crippen molar-refractivity contribution in [2.75, 3.05) is 26.2 Å². The zero-order valence-electron chi connectivity index (χ0n) is 15.5. The van der Waals surface area contributed by atoms with Crippen LogP contribution in [0.2, 0.25) is 0 Å². The van der Waals surface area contributed by atoms with Gasteiger partial charge in [-0.2, -0.15) is 0 Å². The second-order valence-corrected chi connectivity index (χ2v) is 7.99. The summed E-state index contributed by atoms with van der Waals surface area (Å²) in [6.45, 7) is 11.8. The molecule has 2 rings (SSSR count). The highest BCUT2D eigenvalue weighted by Gasteiger charge is 2.22. The SMILES string of the molecule is CCC(C)(C)CN(CCNC1=CC=CCC=C1)CCC1CCC1. The summed E-state index contributed by atoms with van der Waals surface area (Å²) in [5.74, 6) is 1.01. The summed E-state index contributed by atoms with van der Waals surface area (Å²) < 4.78 is 0. The van der Waals surface area contributed by atoms with Gasteiger partial charge in [0, 0.05) is 25.3 Å². The molecule has 0 aromatic heterocycles. The summed E-state index contributed by atoms with van der Waals surface area (Å²) in [6.07, 6.45) is 19.0. The van der Waals surface area contributed by atoms with Gasteiger partial charge in [-0.25, -0.2) is 0 Å². The Balaban J connectivity index is 1.77. The van der Waals surface area contributed by atoms with Crippen LogP contribution in [0.1, 0.15) is 59.3 Å². The maximum atomic E-state index is 3.59. The molecular formula is C21H36N2. The van der Waals surface area contributed by atoms with E-state index >= 15 is 0 Å². The fourth-order valence-electron chi connectivity index (χ4n) is 3.19. The minimum atomic E-state index is 0.420. The topological polar surface area (TPSA) is 15.3 Å². The fraction of sp³-hybridized carbons (Fsp3) is 0.714. The Morgan fingerprint density at radius 1 is 1.22 bits per heavy atom. The first-order valence-electron chi connectivity index (χ1n) is 9.59. The molecule has 0 aliphatic heterocycles. The lowest BCUT2D eigenvalue weighted by Crippen LogP contribution is -2.39. The van der Waals surface area contributed by atoms with Gasteiger partial charge in [-0.15, -0.1) is 0 Å². The first-order valence-corrected chi connectivity index (χ1v) is 9.59. The number of nitrogens with one attached hydrogen (secondary N) is 1. The number of allylic oxidation sites excluding steroid dienone is 5. The molecule has 0 heterocycles. The van der Waals surface area contributed by atoms with Gasteiger partial charge < -0.3 is 10.2 Å². The lowest BCUT2D eigenvalue weighted by molar-refractivity contribution is 0.153. The van der Waals surface area contributed by atoms with Gasteiger partial charge in [0.25, 0.3) is 0 Å². The molecule has 0 spiro atoms. The lowest BCUT2D eigenvalue weighted by Gasteiger charge is -2.34. The van der Waals surface area contributed by atoms with Crippen molar-refractivity contribution in [3.63, 3.8) is 0 Å². The average Bonchev–Trinajstić information content (AvgIpc) is 2.74. The van der Waals surface area contributed by atoms with E-state index in [9.17, 15) is 0 Å². The predicted molar refractivity (Wildman–Crippen MR) is 101 cm³/mol. The molecule has 1 N–H and O–H groups in total. The molecule has 0 amide bonds. The molecule has 2 heteroatoms. The zero-order valence-corrected chi connectivity index (χ0v) is 15.5. The zero-order chi connectivity index (χ0) is 16.5. The quantitative estimate of drug-likeness (QED) is 0.616. The second kappa shape index (κ2) is 9.32. The first kappa shape index (κ1) is 18.3. The van der Waals surface area contributed by atoms with Crippen LogP contribution in [0.4, 0.5) is 0 Å². The van der Waals surface area contributed by atoms with E-state index in [-0.39, 0.29) is 0 Å². The van der Waals surface area contributed by atoms with Crippen LogP contribution in [-0.4, -0.2) is 31.1 Å². The molecule has 2 aliphatic carbocycles. The third kappa shape index (κ3) is 6.95. The van der Waals surface area contributed by atoms with Crippen LogP contribution in [0.3, 0.4) is 0 Å². The van der Waals surface area contributed by atoms with Crippen molar-refractivity contribution in [2.24, 2.45) is 11.3 Å². The summed E-state index contributed by atoms with van der Waals surface area (Å²) in [6, 6.07) is 0. The largest absolute Gasteiger partial charge is 0.384 e. The molecule has 2 aliphatic rings. The molecule has 0 saturated heterocycles. The monoisotopic (exact) mass is 316 g/mol. The van der Waals surface area contributed by atoms with Crippen LogP contribution in [0, 0.1) is 11.3 Å². The van der Waals surface area contributed by atoms with Gasteiger partial charge in [-0.05, 0) is 49.3 Å². The smallest absolute Gasteiger partial charge is 0.0337 e. The molecule has 0 aromatic rings. The Bertz CT molecular complexity index is 427. The highest BCUT2D eigenvalue weighted by Crippen LogP contribution is 2.30. The summed E-state index contributed by atoms with van der Waals surface area (Å²) >= 11 is 0. The molecule has 0 aromatic carbocycles.